The molecule has 106 valence electrons. The van der Waals surface area contributed by atoms with Gasteiger partial charge in [0.1, 0.15) is 6.54 Å². The standard InChI is InChI=1S/C14H24N4O/c1-10(2)12-5-3-4-6-13(12)17-11-7-16-18(8-11)9-14(15)19/h7-8,10,12-13,17H,3-6,9H2,1-2H3,(H2,15,19). The lowest BCUT2D eigenvalue weighted by molar-refractivity contribution is -0.118. The average Bonchev–Trinajstić information content (AvgIpc) is 2.76. The molecule has 1 heterocycles. The predicted octanol–water partition coefficient (Wildman–Crippen LogP) is 2.00. The molecule has 0 saturated heterocycles. The van der Waals surface area contributed by atoms with Gasteiger partial charge < -0.3 is 11.1 Å². The first kappa shape index (κ1) is 13.9. The fourth-order valence-corrected chi connectivity index (χ4v) is 3.04. The molecule has 19 heavy (non-hydrogen) atoms. The molecule has 0 aromatic carbocycles. The Labute approximate surface area is 114 Å². The number of hydrogen-bond donors (Lipinski definition) is 2. The molecule has 3 N–H and O–H groups in total. The first-order valence-electron chi connectivity index (χ1n) is 7.13. The van der Waals surface area contributed by atoms with E-state index in [-0.39, 0.29) is 12.5 Å². The van der Waals surface area contributed by atoms with Crippen molar-refractivity contribution in [3.8, 4) is 0 Å². The Morgan fingerprint density at radius 1 is 1.53 bits per heavy atom. The van der Waals surface area contributed by atoms with Gasteiger partial charge in [0.2, 0.25) is 5.91 Å². The second kappa shape index (κ2) is 6.08. The molecule has 1 aliphatic rings. The molecule has 5 heteroatoms. The van der Waals surface area contributed by atoms with Crippen molar-refractivity contribution >= 4 is 11.6 Å². The Morgan fingerprint density at radius 2 is 2.26 bits per heavy atom. The van der Waals surface area contributed by atoms with E-state index in [0.717, 1.165) is 5.69 Å². The van der Waals surface area contributed by atoms with Crippen LogP contribution in [-0.4, -0.2) is 21.7 Å². The second-order valence-corrected chi connectivity index (χ2v) is 5.84. The minimum absolute atomic E-state index is 0.139. The Hall–Kier alpha value is -1.52. The molecule has 2 rings (SSSR count). The fourth-order valence-electron chi connectivity index (χ4n) is 3.04. The highest BCUT2D eigenvalue weighted by molar-refractivity contribution is 5.73. The quantitative estimate of drug-likeness (QED) is 0.854. The van der Waals surface area contributed by atoms with Gasteiger partial charge in [0.05, 0.1) is 11.9 Å². The van der Waals surface area contributed by atoms with Gasteiger partial charge in [-0.25, -0.2) is 0 Å². The number of aromatic nitrogens is 2. The molecule has 2 atom stereocenters. The zero-order valence-electron chi connectivity index (χ0n) is 11.8. The zero-order valence-corrected chi connectivity index (χ0v) is 11.8. The third-order valence-corrected chi connectivity index (χ3v) is 3.98. The van der Waals surface area contributed by atoms with E-state index in [4.69, 9.17) is 5.73 Å². The zero-order chi connectivity index (χ0) is 13.8. The number of hydrogen-bond acceptors (Lipinski definition) is 3. The van der Waals surface area contributed by atoms with E-state index in [2.05, 4.69) is 24.3 Å². The Morgan fingerprint density at radius 3 is 2.95 bits per heavy atom. The largest absolute Gasteiger partial charge is 0.379 e. The minimum Gasteiger partial charge on any atom is -0.379 e. The summed E-state index contributed by atoms with van der Waals surface area (Å²) in [5.41, 5.74) is 6.14. The van der Waals surface area contributed by atoms with E-state index in [1.54, 1.807) is 10.9 Å². The number of nitrogens with zero attached hydrogens (tertiary/aromatic N) is 2. The number of anilines is 1. The molecule has 0 radical (unpaired) electrons. The molecule has 1 amide bonds. The van der Waals surface area contributed by atoms with Crippen LogP contribution < -0.4 is 11.1 Å². The van der Waals surface area contributed by atoms with Gasteiger partial charge >= 0.3 is 0 Å². The SMILES string of the molecule is CC(C)C1CCCCC1Nc1cnn(CC(N)=O)c1. The Balaban J connectivity index is 1.98. The highest BCUT2D eigenvalue weighted by Gasteiger charge is 2.27. The van der Waals surface area contributed by atoms with Gasteiger partial charge in [0, 0.05) is 12.2 Å². The van der Waals surface area contributed by atoms with Gasteiger partial charge in [-0.05, 0) is 24.7 Å². The Kier molecular flexibility index (Phi) is 4.45. The van der Waals surface area contributed by atoms with E-state index in [1.807, 2.05) is 6.20 Å². The lowest BCUT2D eigenvalue weighted by Crippen LogP contribution is -2.35. The number of primary amides is 1. The second-order valence-electron chi connectivity index (χ2n) is 5.84. The Bertz CT molecular complexity index is 427. The molecule has 1 aromatic rings. The maximum absolute atomic E-state index is 10.9. The highest BCUT2D eigenvalue weighted by atomic mass is 16.1. The summed E-state index contributed by atoms with van der Waals surface area (Å²) in [6, 6.07) is 0.514. The van der Waals surface area contributed by atoms with E-state index in [0.29, 0.717) is 17.9 Å². The van der Waals surface area contributed by atoms with E-state index in [9.17, 15) is 4.79 Å². The number of rotatable bonds is 5. The maximum Gasteiger partial charge on any atom is 0.239 e. The van der Waals surface area contributed by atoms with Gasteiger partial charge in [-0.3, -0.25) is 9.48 Å². The van der Waals surface area contributed by atoms with Crippen LogP contribution in [0.5, 0.6) is 0 Å². The lowest BCUT2D eigenvalue weighted by atomic mass is 9.78. The number of amides is 1. The summed E-state index contributed by atoms with van der Waals surface area (Å²) in [6.07, 6.45) is 8.76. The molecule has 0 aliphatic heterocycles. The maximum atomic E-state index is 10.9. The predicted molar refractivity (Wildman–Crippen MR) is 75.6 cm³/mol. The third-order valence-electron chi connectivity index (χ3n) is 3.98. The summed E-state index contributed by atoms with van der Waals surface area (Å²) < 4.78 is 1.58. The van der Waals surface area contributed by atoms with E-state index >= 15 is 0 Å². The van der Waals surface area contributed by atoms with Crippen molar-refractivity contribution in [1.29, 1.82) is 0 Å². The minimum atomic E-state index is -0.368. The van der Waals surface area contributed by atoms with Gasteiger partial charge in [0.25, 0.3) is 0 Å². The third kappa shape index (κ3) is 3.72. The monoisotopic (exact) mass is 264 g/mol. The van der Waals surface area contributed by atoms with Crippen LogP contribution in [0, 0.1) is 11.8 Å². The first-order chi connectivity index (χ1) is 9.06. The molecule has 1 fully saturated rings. The van der Waals surface area contributed by atoms with Crippen LogP contribution in [0.1, 0.15) is 39.5 Å². The van der Waals surface area contributed by atoms with Gasteiger partial charge in [-0.2, -0.15) is 5.10 Å². The van der Waals surface area contributed by atoms with Gasteiger partial charge in [-0.1, -0.05) is 26.7 Å². The number of nitrogens with two attached hydrogens (primary N) is 1. The molecule has 0 spiro atoms. The van der Waals surface area contributed by atoms with Crippen LogP contribution in [-0.2, 0) is 11.3 Å². The normalized spacial score (nSPS) is 23.5. The summed E-state index contributed by atoms with van der Waals surface area (Å²) in [4.78, 5) is 10.9. The van der Waals surface area contributed by atoms with Crippen LogP contribution in [0.25, 0.3) is 0 Å². The van der Waals surface area contributed by atoms with Crippen molar-refractivity contribution in [3.05, 3.63) is 12.4 Å². The van der Waals surface area contributed by atoms with Crippen molar-refractivity contribution < 1.29 is 4.79 Å². The molecule has 5 nitrogen and oxygen atoms in total. The van der Waals surface area contributed by atoms with Crippen LogP contribution in [0.2, 0.25) is 0 Å². The average molecular weight is 264 g/mol. The highest BCUT2D eigenvalue weighted by Crippen LogP contribution is 2.32. The molecule has 1 saturated carbocycles. The summed E-state index contributed by atoms with van der Waals surface area (Å²) >= 11 is 0. The number of carbonyl (C=O) groups excluding carboxylic acids is 1. The van der Waals surface area contributed by atoms with Crippen molar-refractivity contribution in [3.63, 3.8) is 0 Å². The molecule has 1 aliphatic carbocycles. The van der Waals surface area contributed by atoms with Crippen molar-refractivity contribution in [2.24, 2.45) is 17.6 Å². The van der Waals surface area contributed by atoms with Crippen molar-refractivity contribution in [2.45, 2.75) is 52.1 Å². The van der Waals surface area contributed by atoms with Gasteiger partial charge in [-0.15, -0.1) is 0 Å². The van der Waals surface area contributed by atoms with Crippen LogP contribution in [0.4, 0.5) is 5.69 Å². The summed E-state index contributed by atoms with van der Waals surface area (Å²) in [5.74, 6) is 1.04. The van der Waals surface area contributed by atoms with Crippen molar-refractivity contribution in [1.82, 2.24) is 9.78 Å². The van der Waals surface area contributed by atoms with Crippen molar-refractivity contribution in [2.75, 3.05) is 5.32 Å². The van der Waals surface area contributed by atoms with Gasteiger partial charge in [0.15, 0.2) is 0 Å². The number of carbonyl (C=O) groups is 1. The molecular weight excluding hydrogens is 240 g/mol. The smallest absolute Gasteiger partial charge is 0.239 e. The molecule has 1 aromatic heterocycles. The lowest BCUT2D eigenvalue weighted by Gasteiger charge is -2.35. The number of nitrogens with one attached hydrogen (secondary N) is 1. The molecule has 0 bridgehead atoms. The summed E-state index contributed by atoms with van der Waals surface area (Å²) in [5, 5.41) is 7.72. The topological polar surface area (TPSA) is 72.9 Å². The first-order valence-corrected chi connectivity index (χ1v) is 7.13. The summed E-state index contributed by atoms with van der Waals surface area (Å²) in [6.45, 7) is 4.72. The van der Waals surface area contributed by atoms with Crippen LogP contribution >= 0.6 is 0 Å². The van der Waals surface area contributed by atoms with E-state index in [1.165, 1.54) is 25.7 Å². The van der Waals surface area contributed by atoms with Crippen LogP contribution in [0.15, 0.2) is 12.4 Å². The molecular formula is C14H24N4O. The fraction of sp³-hybridized carbons (Fsp3) is 0.714. The molecule has 2 unspecified atom stereocenters. The summed E-state index contributed by atoms with van der Waals surface area (Å²) in [7, 11) is 0. The van der Waals surface area contributed by atoms with Crippen LogP contribution in [0.3, 0.4) is 0 Å². The van der Waals surface area contributed by atoms with E-state index < -0.39 is 0 Å².